The second kappa shape index (κ2) is 6.65. The van der Waals surface area contributed by atoms with E-state index >= 15 is 0 Å². The lowest BCUT2D eigenvalue weighted by atomic mass is 10.1. The summed E-state index contributed by atoms with van der Waals surface area (Å²) >= 11 is 11.8. The topological polar surface area (TPSA) is 67.8 Å². The third kappa shape index (κ3) is 3.77. The lowest BCUT2D eigenvalue weighted by Crippen LogP contribution is -2.17. The Hall–Kier alpha value is -1.98. The summed E-state index contributed by atoms with van der Waals surface area (Å²) in [6, 6.07) is 8.73. The highest BCUT2D eigenvalue weighted by Crippen LogP contribution is 2.28. The molecule has 0 aliphatic heterocycles. The first-order chi connectivity index (χ1) is 10.0. The Morgan fingerprint density at radius 2 is 2.00 bits per heavy atom. The SMILES string of the molecule is NC(=NO)c1cc(F)ccc1COc1ccc(Cl)cc1Cl. The maximum absolute atomic E-state index is 13.2. The molecule has 0 aliphatic rings. The molecule has 3 N–H and O–H groups in total. The molecule has 7 heteroatoms. The minimum atomic E-state index is -0.495. The van der Waals surface area contributed by atoms with E-state index in [0.29, 0.717) is 21.4 Å². The molecule has 0 amide bonds. The van der Waals surface area contributed by atoms with E-state index in [0.717, 1.165) is 6.07 Å². The van der Waals surface area contributed by atoms with Crippen molar-refractivity contribution in [2.75, 3.05) is 0 Å². The Morgan fingerprint density at radius 3 is 2.67 bits per heavy atom. The highest BCUT2D eigenvalue weighted by atomic mass is 35.5. The van der Waals surface area contributed by atoms with Gasteiger partial charge in [-0.25, -0.2) is 4.39 Å². The molecule has 2 aromatic rings. The van der Waals surface area contributed by atoms with Gasteiger partial charge in [0.2, 0.25) is 0 Å². The average Bonchev–Trinajstić information content (AvgIpc) is 2.46. The molecule has 0 aliphatic carbocycles. The summed E-state index contributed by atoms with van der Waals surface area (Å²) in [5, 5.41) is 12.4. The molecule has 0 spiro atoms. The van der Waals surface area contributed by atoms with Crippen LogP contribution in [0.15, 0.2) is 41.6 Å². The molecular formula is C14H11Cl2FN2O2. The molecule has 2 rings (SSSR count). The van der Waals surface area contributed by atoms with Crippen molar-refractivity contribution >= 4 is 29.0 Å². The van der Waals surface area contributed by atoms with Crippen molar-refractivity contribution in [2.24, 2.45) is 10.9 Å². The maximum atomic E-state index is 13.2. The molecule has 110 valence electrons. The van der Waals surface area contributed by atoms with Crippen molar-refractivity contribution < 1.29 is 14.3 Å². The number of halogens is 3. The molecule has 0 aromatic heterocycles. The van der Waals surface area contributed by atoms with Gasteiger partial charge in [0.05, 0.1) is 5.02 Å². The van der Waals surface area contributed by atoms with Gasteiger partial charge >= 0.3 is 0 Å². The average molecular weight is 329 g/mol. The van der Waals surface area contributed by atoms with Crippen LogP contribution in [-0.2, 0) is 6.61 Å². The van der Waals surface area contributed by atoms with E-state index in [4.69, 9.17) is 38.9 Å². The van der Waals surface area contributed by atoms with Crippen LogP contribution >= 0.6 is 23.2 Å². The molecule has 0 bridgehead atoms. The van der Waals surface area contributed by atoms with Gasteiger partial charge in [-0.05, 0) is 30.3 Å². The fraction of sp³-hybridized carbons (Fsp3) is 0.0714. The molecule has 0 heterocycles. The molecule has 0 unspecified atom stereocenters. The number of hydrogen-bond donors (Lipinski definition) is 2. The minimum Gasteiger partial charge on any atom is -0.487 e. The van der Waals surface area contributed by atoms with Crippen molar-refractivity contribution in [2.45, 2.75) is 6.61 Å². The van der Waals surface area contributed by atoms with Crippen molar-refractivity contribution in [3.8, 4) is 5.75 Å². The third-order valence-corrected chi connectivity index (χ3v) is 3.26. The Labute approximate surface area is 130 Å². The van der Waals surface area contributed by atoms with E-state index in [1.807, 2.05) is 0 Å². The number of oxime groups is 1. The fourth-order valence-electron chi connectivity index (χ4n) is 1.71. The summed E-state index contributed by atoms with van der Waals surface area (Å²) in [5.74, 6) is -0.268. The van der Waals surface area contributed by atoms with Crippen LogP contribution in [0, 0.1) is 5.82 Å². The summed E-state index contributed by atoms with van der Waals surface area (Å²) < 4.78 is 18.8. The zero-order chi connectivity index (χ0) is 15.4. The van der Waals surface area contributed by atoms with E-state index in [9.17, 15) is 4.39 Å². The summed E-state index contributed by atoms with van der Waals surface area (Å²) in [5.41, 5.74) is 6.32. The molecule has 0 saturated heterocycles. The summed E-state index contributed by atoms with van der Waals surface area (Å²) in [7, 11) is 0. The number of hydrogen-bond acceptors (Lipinski definition) is 3. The molecule has 0 saturated carbocycles. The molecule has 0 fully saturated rings. The normalized spacial score (nSPS) is 11.5. The number of nitrogens with two attached hydrogens (primary N) is 1. The fourth-order valence-corrected chi connectivity index (χ4v) is 2.18. The number of amidine groups is 1. The van der Waals surface area contributed by atoms with Gasteiger partial charge < -0.3 is 15.7 Å². The monoisotopic (exact) mass is 328 g/mol. The van der Waals surface area contributed by atoms with Gasteiger partial charge in [-0.15, -0.1) is 0 Å². The first-order valence-electron chi connectivity index (χ1n) is 5.85. The lowest BCUT2D eigenvalue weighted by molar-refractivity contribution is 0.305. The smallest absolute Gasteiger partial charge is 0.170 e. The Morgan fingerprint density at radius 1 is 1.24 bits per heavy atom. The lowest BCUT2D eigenvalue weighted by Gasteiger charge is -2.11. The van der Waals surface area contributed by atoms with E-state index < -0.39 is 5.82 Å². The zero-order valence-corrected chi connectivity index (χ0v) is 12.2. The van der Waals surface area contributed by atoms with E-state index in [-0.39, 0.29) is 18.0 Å². The largest absolute Gasteiger partial charge is 0.487 e. The molecule has 21 heavy (non-hydrogen) atoms. The van der Waals surface area contributed by atoms with Gasteiger partial charge in [0.25, 0.3) is 0 Å². The maximum Gasteiger partial charge on any atom is 0.170 e. The van der Waals surface area contributed by atoms with Crippen molar-refractivity contribution in [3.63, 3.8) is 0 Å². The Balaban J connectivity index is 2.24. The van der Waals surface area contributed by atoms with E-state index in [2.05, 4.69) is 5.16 Å². The quantitative estimate of drug-likeness (QED) is 0.388. The Kier molecular flexibility index (Phi) is 4.88. The van der Waals surface area contributed by atoms with Crippen LogP contribution in [0.3, 0.4) is 0 Å². The Bertz CT molecular complexity index is 693. The van der Waals surface area contributed by atoms with Crippen LogP contribution in [0.25, 0.3) is 0 Å². The van der Waals surface area contributed by atoms with Crippen molar-refractivity contribution in [3.05, 3.63) is 63.4 Å². The van der Waals surface area contributed by atoms with Gasteiger partial charge in [-0.2, -0.15) is 0 Å². The van der Waals surface area contributed by atoms with Crippen molar-refractivity contribution in [1.29, 1.82) is 0 Å². The standard InChI is InChI=1S/C14H11Cl2FN2O2/c15-9-2-4-13(12(16)5-9)21-7-8-1-3-10(17)6-11(8)14(18)19-20/h1-6,20H,7H2,(H2,18,19). The van der Waals surface area contributed by atoms with Crippen molar-refractivity contribution in [1.82, 2.24) is 0 Å². The minimum absolute atomic E-state index is 0.0766. The molecule has 4 nitrogen and oxygen atoms in total. The van der Waals surface area contributed by atoms with E-state index in [1.165, 1.54) is 12.1 Å². The predicted octanol–water partition coefficient (Wildman–Crippen LogP) is 3.81. The highest BCUT2D eigenvalue weighted by Gasteiger charge is 2.10. The third-order valence-electron chi connectivity index (χ3n) is 2.73. The van der Waals surface area contributed by atoms with Gasteiger partial charge in [-0.1, -0.05) is 34.4 Å². The molecule has 0 radical (unpaired) electrons. The predicted molar refractivity (Wildman–Crippen MR) is 79.7 cm³/mol. The summed E-state index contributed by atoms with van der Waals surface area (Å²) in [4.78, 5) is 0. The molecular weight excluding hydrogens is 318 g/mol. The van der Waals surface area contributed by atoms with Gasteiger partial charge in [0.1, 0.15) is 18.2 Å². The highest BCUT2D eigenvalue weighted by molar-refractivity contribution is 6.35. The van der Waals surface area contributed by atoms with E-state index in [1.54, 1.807) is 18.2 Å². The second-order valence-electron chi connectivity index (χ2n) is 4.15. The van der Waals surface area contributed by atoms with Gasteiger partial charge in [0, 0.05) is 16.1 Å². The first kappa shape index (κ1) is 15.4. The second-order valence-corrected chi connectivity index (χ2v) is 4.99. The van der Waals surface area contributed by atoms with Gasteiger partial charge in [0.15, 0.2) is 5.84 Å². The molecule has 2 aromatic carbocycles. The van der Waals surface area contributed by atoms with Crippen LogP contribution in [0.4, 0.5) is 4.39 Å². The number of benzene rings is 2. The number of ether oxygens (including phenoxy) is 1. The summed E-state index contributed by atoms with van der Waals surface area (Å²) in [6.45, 7) is 0.0766. The zero-order valence-electron chi connectivity index (χ0n) is 10.7. The molecule has 0 atom stereocenters. The van der Waals surface area contributed by atoms with Crippen LogP contribution in [0.5, 0.6) is 5.75 Å². The van der Waals surface area contributed by atoms with Crippen LogP contribution in [-0.4, -0.2) is 11.0 Å². The summed E-state index contributed by atoms with van der Waals surface area (Å²) in [6.07, 6.45) is 0. The number of rotatable bonds is 4. The van der Waals surface area contributed by atoms with Crippen LogP contribution in [0.1, 0.15) is 11.1 Å². The van der Waals surface area contributed by atoms with Crippen LogP contribution in [0.2, 0.25) is 10.0 Å². The van der Waals surface area contributed by atoms with Gasteiger partial charge in [-0.3, -0.25) is 0 Å². The van der Waals surface area contributed by atoms with Crippen LogP contribution < -0.4 is 10.5 Å². The first-order valence-corrected chi connectivity index (χ1v) is 6.61. The number of nitrogens with zero attached hydrogens (tertiary/aromatic N) is 1.